The first-order valence-electron chi connectivity index (χ1n) is 14.9. The van der Waals surface area contributed by atoms with Gasteiger partial charge in [0.1, 0.15) is 16.6 Å². The quantitative estimate of drug-likeness (QED) is 0.296. The number of ketones is 1. The van der Waals surface area contributed by atoms with Gasteiger partial charge in [-0.2, -0.15) is 22.0 Å². The van der Waals surface area contributed by atoms with Gasteiger partial charge in [-0.15, -0.1) is 0 Å². The van der Waals surface area contributed by atoms with Crippen molar-refractivity contribution in [1.82, 2.24) is 0 Å². The van der Waals surface area contributed by atoms with Crippen LogP contribution in [0.15, 0.2) is 76.2 Å². The van der Waals surface area contributed by atoms with Crippen LogP contribution in [0.25, 0.3) is 0 Å². The second-order valence-electron chi connectivity index (χ2n) is 12.9. The zero-order chi connectivity index (χ0) is 31.7. The van der Waals surface area contributed by atoms with Crippen molar-refractivity contribution in [3.05, 3.63) is 82.5 Å². The first-order chi connectivity index (χ1) is 20.7. The first kappa shape index (κ1) is 31.1. The topological polar surface area (TPSA) is 92.4 Å². The van der Waals surface area contributed by atoms with Gasteiger partial charge in [-0.05, 0) is 96.9 Å². The van der Waals surface area contributed by atoms with Gasteiger partial charge in [0.15, 0.2) is 5.78 Å². The van der Waals surface area contributed by atoms with Gasteiger partial charge in [-0.3, -0.25) is 4.79 Å². The number of aliphatic hydroxyl groups is 1. The van der Waals surface area contributed by atoms with Gasteiger partial charge in [0.25, 0.3) is 0 Å². The van der Waals surface area contributed by atoms with Crippen LogP contribution < -0.4 is 10.5 Å². The number of hydrogen-bond acceptors (Lipinski definition) is 4. The lowest BCUT2D eigenvalue weighted by atomic mass is 9.50. The molecule has 2 aromatic rings. The Hall–Kier alpha value is -2.89. The van der Waals surface area contributed by atoms with Gasteiger partial charge in [0.2, 0.25) is 0 Å². The highest BCUT2D eigenvalue weighted by atomic mass is 32.2. The molecular weight excluding hydrogens is 599 g/mol. The minimum Gasteiger partial charge on any atom is -0.383 e. The summed E-state index contributed by atoms with van der Waals surface area (Å²) in [7, 11) is -1.62. The lowest BCUT2D eigenvalue weighted by Crippen LogP contribution is -2.65. The molecule has 2 aromatic carbocycles. The Morgan fingerprint density at radius 2 is 1.77 bits per heavy atom. The molecule has 44 heavy (non-hydrogen) atoms. The Labute approximate surface area is 255 Å². The van der Waals surface area contributed by atoms with Crippen LogP contribution in [0.1, 0.15) is 68.9 Å². The average Bonchev–Trinajstić information content (AvgIpc) is 3.26. The van der Waals surface area contributed by atoms with Gasteiger partial charge < -0.3 is 10.4 Å². The predicted molar refractivity (Wildman–Crippen MR) is 157 cm³/mol. The number of rotatable bonds is 6. The molecule has 6 atom stereocenters. The monoisotopic (exact) mass is 634 g/mol. The summed E-state index contributed by atoms with van der Waals surface area (Å²) in [6.45, 7) is 1.85. The Morgan fingerprint density at radius 3 is 2.45 bits per heavy atom. The molecule has 0 saturated heterocycles. The maximum atomic E-state index is 15.2. The molecule has 0 bridgehead atoms. The third kappa shape index (κ3) is 4.86. The molecule has 4 N–H and O–H groups in total. The van der Waals surface area contributed by atoms with Crippen LogP contribution in [0.2, 0.25) is 0 Å². The van der Waals surface area contributed by atoms with E-state index >= 15 is 8.78 Å². The standard InChI is InChI=1S/C33H35F5N2O3S/c1-30-17-27(20-7-5-19(6-8-20)18-40-22-3-2-4-24(16-22)44(39)43)29-25-12-10-23(41)15-21(25)9-11-26(29)28(30)13-14-31(30,42)32(34,35)33(36,37)38/h2-8,15-16,26-28,40,42H,9-14,17-18,39H2,1H3/t26?,27-,28?,30+,31+,44?/m1/s1. The van der Waals surface area contributed by atoms with Crippen molar-refractivity contribution < 1.29 is 36.1 Å². The number of fused-ring (bicyclic) bond motifs is 4. The van der Waals surface area contributed by atoms with Crippen LogP contribution in [0.3, 0.4) is 0 Å². The van der Waals surface area contributed by atoms with E-state index in [0.717, 1.165) is 33.5 Å². The van der Waals surface area contributed by atoms with Gasteiger partial charge in [0.05, 0.1) is 4.90 Å². The van der Waals surface area contributed by atoms with E-state index in [4.69, 9.17) is 5.14 Å². The van der Waals surface area contributed by atoms with Crippen molar-refractivity contribution in [3.8, 4) is 0 Å². The zero-order valence-electron chi connectivity index (χ0n) is 24.2. The fourth-order valence-electron chi connectivity index (χ4n) is 8.52. The second-order valence-corrected chi connectivity index (χ2v) is 14.0. The molecule has 6 rings (SSSR count). The summed E-state index contributed by atoms with van der Waals surface area (Å²) in [5.41, 5.74) is 0.498. The van der Waals surface area contributed by atoms with Crippen LogP contribution in [0.4, 0.5) is 27.6 Å². The first-order valence-corrected chi connectivity index (χ1v) is 16.1. The lowest BCUT2D eigenvalue weighted by Gasteiger charge is -2.56. The molecule has 0 spiro atoms. The summed E-state index contributed by atoms with van der Waals surface area (Å²) in [6, 6.07) is 14.4. The van der Waals surface area contributed by atoms with Gasteiger partial charge in [0, 0.05) is 30.0 Å². The van der Waals surface area contributed by atoms with Crippen LogP contribution in [-0.2, 0) is 22.3 Å². The third-order valence-corrected chi connectivity index (χ3v) is 11.4. The van der Waals surface area contributed by atoms with Crippen LogP contribution >= 0.6 is 0 Å². The summed E-state index contributed by atoms with van der Waals surface area (Å²) in [5, 5.41) is 20.2. The number of alkyl halides is 5. The van der Waals surface area contributed by atoms with E-state index in [9.17, 15) is 27.3 Å². The molecule has 0 heterocycles. The molecule has 0 radical (unpaired) electrons. The molecule has 0 amide bonds. The smallest absolute Gasteiger partial charge is 0.383 e. The number of anilines is 1. The maximum absolute atomic E-state index is 15.2. The Balaban J connectivity index is 1.37. The summed E-state index contributed by atoms with van der Waals surface area (Å²) in [4.78, 5) is 12.7. The highest BCUT2D eigenvalue weighted by Gasteiger charge is 2.79. The molecule has 11 heteroatoms. The summed E-state index contributed by atoms with van der Waals surface area (Å²) < 4.78 is 83.3. The number of carbonyl (C=O) groups excluding carboxylic acids is 1. The van der Waals surface area contributed by atoms with Crippen molar-refractivity contribution >= 4 is 22.5 Å². The SMILES string of the molecule is C[C@]12C[C@H](c3ccc(CNc4cccc(S(N)=O)c4)cc3)C3=C4CCC(=O)C=C4CCC3C1CC[C@@]2(O)C(F)(F)C(F)(F)F. The van der Waals surface area contributed by atoms with E-state index in [1.807, 2.05) is 30.3 Å². The normalized spacial score (nSPS) is 31.1. The molecule has 0 aliphatic heterocycles. The van der Waals surface area contributed by atoms with Gasteiger partial charge in [-0.1, -0.05) is 42.8 Å². The fourth-order valence-corrected chi connectivity index (χ4v) is 8.97. The molecule has 5 nitrogen and oxygen atoms in total. The number of allylic oxidation sites excluding steroid dienone is 4. The molecule has 2 fully saturated rings. The molecule has 2 saturated carbocycles. The molecule has 236 valence electrons. The van der Waals surface area contributed by atoms with E-state index in [2.05, 4.69) is 5.32 Å². The number of hydrogen-bond donors (Lipinski definition) is 3. The number of benzene rings is 2. The molecule has 4 aliphatic rings. The predicted octanol–water partition coefficient (Wildman–Crippen LogP) is 7.11. The summed E-state index contributed by atoms with van der Waals surface area (Å²) in [5.74, 6) is -6.52. The van der Waals surface area contributed by atoms with Crippen LogP contribution in [0, 0.1) is 17.3 Å². The molecular formula is C33H35F5N2O3S. The van der Waals surface area contributed by atoms with Crippen molar-refractivity contribution in [2.24, 2.45) is 22.4 Å². The van der Waals surface area contributed by atoms with Crippen molar-refractivity contribution in [2.75, 3.05) is 5.32 Å². The van der Waals surface area contributed by atoms with Crippen LogP contribution in [0.5, 0.6) is 0 Å². The van der Waals surface area contributed by atoms with E-state index in [-0.39, 0.29) is 24.5 Å². The van der Waals surface area contributed by atoms with Gasteiger partial charge in [-0.25, -0.2) is 9.35 Å². The van der Waals surface area contributed by atoms with Crippen molar-refractivity contribution in [1.29, 1.82) is 0 Å². The summed E-state index contributed by atoms with van der Waals surface area (Å²) in [6.07, 6.45) is -2.86. The summed E-state index contributed by atoms with van der Waals surface area (Å²) >= 11 is 0. The number of nitrogens with one attached hydrogen (secondary N) is 1. The van der Waals surface area contributed by atoms with Crippen molar-refractivity contribution in [3.63, 3.8) is 0 Å². The number of carbonyl (C=O) groups is 1. The van der Waals surface area contributed by atoms with Gasteiger partial charge >= 0.3 is 12.1 Å². The molecule has 3 unspecified atom stereocenters. The minimum absolute atomic E-state index is 0.0418. The maximum Gasteiger partial charge on any atom is 0.456 e. The lowest BCUT2D eigenvalue weighted by molar-refractivity contribution is -0.362. The average molecular weight is 635 g/mol. The number of nitrogens with two attached hydrogens (primary N) is 1. The van der Waals surface area contributed by atoms with E-state index < -0.39 is 52.4 Å². The highest BCUT2D eigenvalue weighted by Crippen LogP contribution is 2.70. The Bertz CT molecular complexity index is 1570. The number of halogens is 5. The molecule has 4 aliphatic carbocycles. The fraction of sp³-hybridized carbons (Fsp3) is 0.485. The largest absolute Gasteiger partial charge is 0.456 e. The van der Waals surface area contributed by atoms with Crippen molar-refractivity contribution in [2.45, 2.75) is 86.9 Å². The highest BCUT2D eigenvalue weighted by molar-refractivity contribution is 7.82. The van der Waals surface area contributed by atoms with E-state index in [1.165, 1.54) is 6.92 Å². The second kappa shape index (κ2) is 10.9. The Kier molecular flexibility index (Phi) is 7.69. The third-order valence-electron chi connectivity index (χ3n) is 10.7. The zero-order valence-corrected chi connectivity index (χ0v) is 25.0. The minimum atomic E-state index is -5.88. The molecule has 0 aromatic heterocycles. The van der Waals surface area contributed by atoms with E-state index in [0.29, 0.717) is 37.1 Å². The Morgan fingerprint density at radius 1 is 1.05 bits per heavy atom. The van der Waals surface area contributed by atoms with Crippen LogP contribution in [-0.4, -0.2) is 32.8 Å². The van der Waals surface area contributed by atoms with E-state index in [1.54, 1.807) is 24.3 Å².